The Hall–Kier alpha value is -1.84. The molecule has 128 valence electrons. The van der Waals surface area contributed by atoms with Crippen LogP contribution in [0.1, 0.15) is 13.3 Å². The highest BCUT2D eigenvalue weighted by Crippen LogP contribution is 2.38. The molecular formula is C14H19NO7S. The molecule has 0 amide bonds. The minimum absolute atomic E-state index is 0.0111. The number of phenols is 3. The summed E-state index contributed by atoms with van der Waals surface area (Å²) >= 11 is 0. The molecule has 1 aliphatic rings. The lowest BCUT2D eigenvalue weighted by molar-refractivity contribution is -0.121. The Morgan fingerprint density at radius 2 is 1.91 bits per heavy atom. The molecule has 0 saturated carbocycles. The Morgan fingerprint density at radius 3 is 2.48 bits per heavy atom. The summed E-state index contributed by atoms with van der Waals surface area (Å²) in [4.78, 5) is 10.2. The quantitative estimate of drug-likeness (QED) is 0.682. The first-order chi connectivity index (χ1) is 10.7. The van der Waals surface area contributed by atoms with Crippen molar-refractivity contribution < 1.29 is 33.3 Å². The number of hydrogen-bond donors (Lipinski definition) is 3. The molecule has 1 fully saturated rings. The van der Waals surface area contributed by atoms with Gasteiger partial charge in [0.15, 0.2) is 10.7 Å². The molecule has 1 saturated heterocycles. The highest BCUT2D eigenvalue weighted by molar-refractivity contribution is 7.89. The van der Waals surface area contributed by atoms with Gasteiger partial charge in [-0.3, -0.25) is 4.79 Å². The van der Waals surface area contributed by atoms with E-state index in [2.05, 4.69) is 0 Å². The summed E-state index contributed by atoms with van der Waals surface area (Å²) in [6, 6.07) is 1.71. The minimum atomic E-state index is -4.09. The molecule has 0 bridgehead atoms. The fourth-order valence-corrected chi connectivity index (χ4v) is 4.16. The number of phenolic OH excluding ortho intramolecular Hbond substituents is 3. The van der Waals surface area contributed by atoms with Gasteiger partial charge in [-0.15, -0.1) is 0 Å². The first kappa shape index (κ1) is 17.5. The predicted octanol–water partition coefficient (Wildman–Crippen LogP) is 0.420. The lowest BCUT2D eigenvalue weighted by Gasteiger charge is -2.18. The van der Waals surface area contributed by atoms with E-state index < -0.39 is 32.2 Å². The van der Waals surface area contributed by atoms with Crippen LogP contribution in [0, 0.1) is 5.92 Å². The maximum absolute atomic E-state index is 12.5. The van der Waals surface area contributed by atoms with Crippen LogP contribution in [-0.2, 0) is 19.6 Å². The van der Waals surface area contributed by atoms with Crippen LogP contribution in [-0.4, -0.2) is 60.1 Å². The van der Waals surface area contributed by atoms with Crippen LogP contribution in [0.3, 0.4) is 0 Å². The summed E-state index contributed by atoms with van der Waals surface area (Å²) in [5.41, 5.74) is 0. The van der Waals surface area contributed by atoms with Crippen molar-refractivity contribution in [1.82, 2.24) is 4.31 Å². The van der Waals surface area contributed by atoms with Crippen molar-refractivity contribution in [3.05, 3.63) is 12.1 Å². The van der Waals surface area contributed by atoms with Crippen molar-refractivity contribution in [2.75, 3.05) is 26.3 Å². The number of rotatable bonds is 6. The Balaban J connectivity index is 2.11. The van der Waals surface area contributed by atoms with E-state index in [1.165, 1.54) is 6.92 Å². The fourth-order valence-electron chi connectivity index (χ4n) is 2.50. The van der Waals surface area contributed by atoms with E-state index in [1.807, 2.05) is 0 Å². The van der Waals surface area contributed by atoms with Crippen molar-refractivity contribution in [3.63, 3.8) is 0 Å². The SMILES string of the molecule is CC(=O)COCC1CCN(S(=O)(=O)c2c(O)cc(O)cc2O)C1. The number of carbonyl (C=O) groups excluding carboxylic acids is 1. The first-order valence-corrected chi connectivity index (χ1v) is 8.48. The molecule has 1 heterocycles. The lowest BCUT2D eigenvalue weighted by atomic mass is 10.1. The monoisotopic (exact) mass is 345 g/mol. The molecule has 2 rings (SSSR count). The van der Waals surface area contributed by atoms with Crippen LogP contribution >= 0.6 is 0 Å². The number of nitrogens with zero attached hydrogens (tertiary/aromatic N) is 1. The maximum Gasteiger partial charge on any atom is 0.250 e. The maximum atomic E-state index is 12.5. The number of Topliss-reactive ketones (excluding diaryl/α,β-unsaturated/α-hetero) is 1. The molecule has 1 unspecified atom stereocenters. The highest BCUT2D eigenvalue weighted by atomic mass is 32.2. The smallest absolute Gasteiger partial charge is 0.250 e. The number of carbonyl (C=O) groups is 1. The van der Waals surface area contributed by atoms with Gasteiger partial charge in [0.25, 0.3) is 0 Å². The van der Waals surface area contributed by atoms with Gasteiger partial charge in [-0.1, -0.05) is 0 Å². The topological polar surface area (TPSA) is 124 Å². The van der Waals surface area contributed by atoms with Crippen LogP contribution in [0.15, 0.2) is 17.0 Å². The van der Waals surface area contributed by atoms with Crippen molar-refractivity contribution in [1.29, 1.82) is 0 Å². The van der Waals surface area contributed by atoms with Gasteiger partial charge in [0, 0.05) is 25.2 Å². The molecule has 1 atom stereocenters. The second-order valence-electron chi connectivity index (χ2n) is 5.55. The van der Waals surface area contributed by atoms with Gasteiger partial charge in [-0.05, 0) is 19.3 Å². The Labute approximate surface area is 134 Å². The number of ketones is 1. The number of benzene rings is 1. The summed E-state index contributed by atoms with van der Waals surface area (Å²) < 4.78 is 31.4. The molecule has 3 N–H and O–H groups in total. The zero-order valence-corrected chi connectivity index (χ0v) is 13.4. The molecule has 9 heteroatoms. The second kappa shape index (κ2) is 6.73. The molecule has 23 heavy (non-hydrogen) atoms. The van der Waals surface area contributed by atoms with Crippen molar-refractivity contribution in [3.8, 4) is 17.2 Å². The van der Waals surface area contributed by atoms with E-state index in [1.54, 1.807) is 0 Å². The molecule has 1 aromatic rings. The van der Waals surface area contributed by atoms with Gasteiger partial charge in [0.2, 0.25) is 10.0 Å². The van der Waals surface area contributed by atoms with Crippen LogP contribution in [0.25, 0.3) is 0 Å². The normalized spacial score (nSPS) is 19.1. The first-order valence-electron chi connectivity index (χ1n) is 7.04. The number of aromatic hydroxyl groups is 3. The van der Waals surface area contributed by atoms with Gasteiger partial charge in [0.05, 0.1) is 6.61 Å². The third-order valence-electron chi connectivity index (χ3n) is 3.54. The zero-order chi connectivity index (χ0) is 17.2. The van der Waals surface area contributed by atoms with E-state index >= 15 is 0 Å². The molecule has 1 aliphatic heterocycles. The summed E-state index contributed by atoms with van der Waals surface area (Å²) in [5, 5.41) is 28.8. The molecule has 8 nitrogen and oxygen atoms in total. The van der Waals surface area contributed by atoms with Crippen LogP contribution in [0.4, 0.5) is 0 Å². The molecular weight excluding hydrogens is 326 g/mol. The van der Waals surface area contributed by atoms with Gasteiger partial charge in [-0.2, -0.15) is 4.31 Å². The largest absolute Gasteiger partial charge is 0.508 e. The highest BCUT2D eigenvalue weighted by Gasteiger charge is 2.36. The third-order valence-corrected chi connectivity index (χ3v) is 5.49. The van der Waals surface area contributed by atoms with Crippen molar-refractivity contribution >= 4 is 15.8 Å². The van der Waals surface area contributed by atoms with E-state index in [0.717, 1.165) is 16.4 Å². The van der Waals surface area contributed by atoms with Crippen molar-refractivity contribution in [2.45, 2.75) is 18.2 Å². The van der Waals surface area contributed by atoms with Gasteiger partial charge in [0.1, 0.15) is 23.9 Å². The average Bonchev–Trinajstić information content (AvgIpc) is 2.86. The van der Waals surface area contributed by atoms with Gasteiger partial charge >= 0.3 is 0 Å². The third kappa shape index (κ3) is 3.92. The number of sulfonamides is 1. The minimum Gasteiger partial charge on any atom is -0.508 e. The van der Waals surface area contributed by atoms with E-state index in [9.17, 15) is 28.5 Å². The van der Waals surface area contributed by atoms with E-state index in [-0.39, 0.29) is 38.0 Å². The van der Waals surface area contributed by atoms with Crippen LogP contribution in [0.5, 0.6) is 17.2 Å². The summed E-state index contributed by atoms with van der Waals surface area (Å²) in [7, 11) is -4.09. The van der Waals surface area contributed by atoms with Crippen LogP contribution in [0.2, 0.25) is 0 Å². The Bertz CT molecular complexity index is 678. The molecule has 0 aromatic heterocycles. The summed E-state index contributed by atoms with van der Waals surface area (Å²) in [5.74, 6) is -2.02. The van der Waals surface area contributed by atoms with E-state index in [4.69, 9.17) is 4.74 Å². The van der Waals surface area contributed by atoms with Crippen molar-refractivity contribution in [2.24, 2.45) is 5.92 Å². The zero-order valence-electron chi connectivity index (χ0n) is 12.6. The van der Waals surface area contributed by atoms with E-state index in [0.29, 0.717) is 6.42 Å². The van der Waals surface area contributed by atoms with Gasteiger partial charge < -0.3 is 20.1 Å². The Kier molecular flexibility index (Phi) is 5.12. The van der Waals surface area contributed by atoms with Gasteiger partial charge in [-0.25, -0.2) is 8.42 Å². The summed E-state index contributed by atoms with van der Waals surface area (Å²) in [6.07, 6.45) is 0.552. The molecule has 0 spiro atoms. The number of hydrogen-bond acceptors (Lipinski definition) is 7. The van der Waals surface area contributed by atoms with Crippen LogP contribution < -0.4 is 0 Å². The molecule has 0 radical (unpaired) electrons. The lowest BCUT2D eigenvalue weighted by Crippen LogP contribution is -2.29. The number of ether oxygens (including phenoxy) is 1. The average molecular weight is 345 g/mol. The standard InChI is InChI=1S/C14H19NO7S/c1-9(16)7-22-8-10-2-3-15(6-10)23(20,21)14-12(18)4-11(17)5-13(14)19/h4-5,10,17-19H,2-3,6-8H2,1H3. The summed E-state index contributed by atoms with van der Waals surface area (Å²) in [6.45, 7) is 2.04. The molecule has 0 aliphatic carbocycles. The fraction of sp³-hybridized carbons (Fsp3) is 0.500. The molecule has 1 aromatic carbocycles. The second-order valence-corrected chi connectivity index (χ2v) is 7.42. The predicted molar refractivity (Wildman–Crippen MR) is 79.8 cm³/mol. The Morgan fingerprint density at radius 1 is 1.30 bits per heavy atom.